The lowest BCUT2D eigenvalue weighted by Crippen LogP contribution is -2.40. The SMILES string of the molecule is O=C(c1cccc(F)c1-c1ccc[nH]1)N1[C@@H]2CC[C@H]1[C@H](Nc1ccc(Br)cn1)C2. The van der Waals surface area contributed by atoms with Gasteiger partial charge in [0.05, 0.1) is 11.6 Å². The molecule has 0 spiro atoms. The number of H-pyrrole nitrogens is 1. The molecule has 3 atom stereocenters. The van der Waals surface area contributed by atoms with Gasteiger partial charge in [0.2, 0.25) is 0 Å². The van der Waals surface area contributed by atoms with E-state index in [1.165, 1.54) is 6.07 Å². The van der Waals surface area contributed by atoms with Gasteiger partial charge < -0.3 is 15.2 Å². The van der Waals surface area contributed by atoms with E-state index in [0.29, 0.717) is 16.8 Å². The Labute approximate surface area is 176 Å². The monoisotopic (exact) mass is 454 g/mol. The Hall–Kier alpha value is -2.67. The molecule has 2 aromatic heterocycles. The fourth-order valence-electron chi connectivity index (χ4n) is 4.71. The molecule has 5 nitrogen and oxygen atoms in total. The first-order valence-electron chi connectivity index (χ1n) is 9.75. The number of hydrogen-bond donors (Lipinski definition) is 2. The summed E-state index contributed by atoms with van der Waals surface area (Å²) < 4.78 is 15.6. The number of carbonyl (C=O) groups excluding carboxylic acids is 1. The van der Waals surface area contributed by atoms with Gasteiger partial charge in [-0.1, -0.05) is 6.07 Å². The quantitative estimate of drug-likeness (QED) is 0.592. The Kier molecular flexibility index (Phi) is 4.62. The summed E-state index contributed by atoms with van der Waals surface area (Å²) in [4.78, 5) is 22.9. The van der Waals surface area contributed by atoms with Gasteiger partial charge in [-0.05, 0) is 71.6 Å². The molecule has 0 radical (unpaired) electrons. The van der Waals surface area contributed by atoms with Crippen molar-refractivity contribution in [1.82, 2.24) is 14.9 Å². The van der Waals surface area contributed by atoms with Crippen molar-refractivity contribution in [3.63, 3.8) is 0 Å². The van der Waals surface area contributed by atoms with Gasteiger partial charge in [0.1, 0.15) is 11.6 Å². The number of fused-ring (bicyclic) bond motifs is 2. The van der Waals surface area contributed by atoms with Crippen molar-refractivity contribution in [2.24, 2.45) is 0 Å². The van der Waals surface area contributed by atoms with E-state index in [-0.39, 0.29) is 24.0 Å². The van der Waals surface area contributed by atoms with E-state index in [1.807, 2.05) is 17.0 Å². The van der Waals surface area contributed by atoms with Crippen LogP contribution in [-0.4, -0.2) is 38.9 Å². The first-order chi connectivity index (χ1) is 14.1. The minimum absolute atomic E-state index is 0.0812. The minimum Gasteiger partial charge on any atom is -0.365 e. The number of rotatable bonds is 4. The lowest BCUT2D eigenvalue weighted by molar-refractivity contribution is 0.0728. The fraction of sp³-hybridized carbons (Fsp3) is 0.273. The number of anilines is 1. The lowest BCUT2D eigenvalue weighted by Gasteiger charge is -2.26. The maximum absolute atomic E-state index is 14.7. The van der Waals surface area contributed by atoms with Gasteiger partial charge in [0, 0.05) is 40.2 Å². The van der Waals surface area contributed by atoms with E-state index in [4.69, 9.17) is 0 Å². The highest BCUT2D eigenvalue weighted by Crippen LogP contribution is 2.41. The van der Waals surface area contributed by atoms with E-state index < -0.39 is 5.82 Å². The van der Waals surface area contributed by atoms with Crippen molar-refractivity contribution < 1.29 is 9.18 Å². The molecule has 148 valence electrons. The zero-order chi connectivity index (χ0) is 20.0. The first-order valence-corrected chi connectivity index (χ1v) is 10.5. The maximum Gasteiger partial charge on any atom is 0.255 e. The molecule has 1 amide bonds. The standard InChI is InChI=1S/C22H20BrFN4O/c23-13-6-9-20(26-12-13)27-18-11-14-7-8-19(18)28(14)22(29)15-3-1-4-16(24)21(15)17-5-2-10-25-17/h1-6,9-10,12,14,18-19,25H,7-8,11H2,(H,26,27)/t14-,18-,19+/m1/s1. The molecule has 3 aromatic rings. The van der Waals surface area contributed by atoms with Crippen molar-refractivity contribution >= 4 is 27.7 Å². The van der Waals surface area contributed by atoms with Crippen LogP contribution in [0.1, 0.15) is 29.6 Å². The van der Waals surface area contributed by atoms with Gasteiger partial charge in [-0.25, -0.2) is 9.37 Å². The van der Waals surface area contributed by atoms with Gasteiger partial charge in [-0.3, -0.25) is 4.79 Å². The fourth-order valence-corrected chi connectivity index (χ4v) is 4.95. The number of pyridine rings is 1. The van der Waals surface area contributed by atoms with Crippen LogP contribution in [-0.2, 0) is 0 Å². The summed E-state index contributed by atoms with van der Waals surface area (Å²) in [5.41, 5.74) is 1.37. The molecular formula is C22H20BrFN4O. The van der Waals surface area contributed by atoms with Gasteiger partial charge in [0.25, 0.3) is 5.91 Å². The summed E-state index contributed by atoms with van der Waals surface area (Å²) >= 11 is 3.40. The lowest BCUT2D eigenvalue weighted by atomic mass is 9.95. The number of halogens is 2. The van der Waals surface area contributed by atoms with Gasteiger partial charge in [-0.2, -0.15) is 0 Å². The third-order valence-electron chi connectivity index (χ3n) is 5.94. The summed E-state index contributed by atoms with van der Waals surface area (Å²) in [5, 5.41) is 3.48. The Bertz CT molecular complexity index is 1040. The number of aromatic amines is 1. The number of nitrogens with one attached hydrogen (secondary N) is 2. The van der Waals surface area contributed by atoms with Crippen molar-refractivity contribution in [2.75, 3.05) is 5.32 Å². The van der Waals surface area contributed by atoms with Gasteiger partial charge in [0.15, 0.2) is 0 Å². The molecule has 29 heavy (non-hydrogen) atoms. The molecule has 0 unspecified atom stereocenters. The van der Waals surface area contributed by atoms with E-state index >= 15 is 0 Å². The van der Waals surface area contributed by atoms with Crippen LogP contribution < -0.4 is 5.32 Å². The molecule has 2 N–H and O–H groups in total. The number of hydrogen-bond acceptors (Lipinski definition) is 3. The molecule has 2 bridgehead atoms. The highest BCUT2D eigenvalue weighted by Gasteiger charge is 2.49. The summed E-state index contributed by atoms with van der Waals surface area (Å²) in [6.07, 6.45) is 6.29. The Morgan fingerprint density at radius 1 is 1.21 bits per heavy atom. The first kappa shape index (κ1) is 18.4. The van der Waals surface area contributed by atoms with E-state index in [0.717, 1.165) is 29.6 Å². The molecule has 4 heterocycles. The Morgan fingerprint density at radius 3 is 2.86 bits per heavy atom. The third kappa shape index (κ3) is 3.23. The van der Waals surface area contributed by atoms with Crippen LogP contribution in [0.3, 0.4) is 0 Å². The zero-order valence-electron chi connectivity index (χ0n) is 15.6. The van der Waals surface area contributed by atoms with Crippen LogP contribution in [0.2, 0.25) is 0 Å². The number of aromatic nitrogens is 2. The summed E-state index contributed by atoms with van der Waals surface area (Å²) in [5.74, 6) is 0.309. The molecule has 1 aromatic carbocycles. The molecule has 0 aliphatic carbocycles. The molecule has 7 heteroatoms. The second kappa shape index (κ2) is 7.30. The zero-order valence-corrected chi connectivity index (χ0v) is 17.2. The summed E-state index contributed by atoms with van der Waals surface area (Å²) in [6, 6.07) is 12.6. The smallest absolute Gasteiger partial charge is 0.255 e. The third-order valence-corrected chi connectivity index (χ3v) is 6.41. The van der Waals surface area contributed by atoms with Gasteiger partial charge in [-0.15, -0.1) is 0 Å². The summed E-state index contributed by atoms with van der Waals surface area (Å²) in [6.45, 7) is 0. The van der Waals surface area contributed by atoms with Crippen molar-refractivity contribution in [3.8, 4) is 11.3 Å². The molecule has 2 fully saturated rings. The topological polar surface area (TPSA) is 61.0 Å². The van der Waals surface area contributed by atoms with Crippen LogP contribution in [0, 0.1) is 5.82 Å². The van der Waals surface area contributed by atoms with Crippen molar-refractivity contribution in [2.45, 2.75) is 37.4 Å². The van der Waals surface area contributed by atoms with Gasteiger partial charge >= 0.3 is 0 Å². The number of amides is 1. The second-order valence-electron chi connectivity index (χ2n) is 7.61. The van der Waals surface area contributed by atoms with Crippen LogP contribution in [0.15, 0.2) is 59.3 Å². The normalized spacial score (nSPS) is 22.8. The van der Waals surface area contributed by atoms with E-state index in [1.54, 1.807) is 36.7 Å². The molecule has 5 rings (SSSR count). The largest absolute Gasteiger partial charge is 0.365 e. The minimum atomic E-state index is -0.390. The van der Waals surface area contributed by atoms with E-state index in [9.17, 15) is 9.18 Å². The molecule has 2 aliphatic rings. The molecular weight excluding hydrogens is 435 g/mol. The van der Waals surface area contributed by atoms with Crippen LogP contribution in [0.25, 0.3) is 11.3 Å². The van der Waals surface area contributed by atoms with Crippen LogP contribution >= 0.6 is 15.9 Å². The molecule has 2 aliphatic heterocycles. The average molecular weight is 455 g/mol. The van der Waals surface area contributed by atoms with Crippen molar-refractivity contribution in [1.29, 1.82) is 0 Å². The Balaban J connectivity index is 1.43. The predicted molar refractivity (Wildman–Crippen MR) is 113 cm³/mol. The molecule has 2 saturated heterocycles. The summed E-state index contributed by atoms with van der Waals surface area (Å²) in [7, 11) is 0. The number of benzene rings is 1. The predicted octanol–water partition coefficient (Wildman–Crippen LogP) is 4.84. The highest BCUT2D eigenvalue weighted by molar-refractivity contribution is 9.10. The second-order valence-corrected chi connectivity index (χ2v) is 8.52. The number of carbonyl (C=O) groups is 1. The van der Waals surface area contributed by atoms with E-state index in [2.05, 4.69) is 31.2 Å². The molecule has 0 saturated carbocycles. The highest BCUT2D eigenvalue weighted by atomic mass is 79.9. The number of nitrogens with zero attached hydrogens (tertiary/aromatic N) is 2. The van der Waals surface area contributed by atoms with Crippen LogP contribution in [0.5, 0.6) is 0 Å². The average Bonchev–Trinajstić information content (AvgIpc) is 3.45. The maximum atomic E-state index is 14.7. The van der Waals surface area contributed by atoms with Crippen LogP contribution in [0.4, 0.5) is 10.2 Å². The van der Waals surface area contributed by atoms with Crippen molar-refractivity contribution in [3.05, 3.63) is 70.7 Å². The Morgan fingerprint density at radius 2 is 2.10 bits per heavy atom.